The molecule has 0 saturated heterocycles. The van der Waals surface area contributed by atoms with Crippen molar-refractivity contribution in [2.45, 2.75) is 35.4 Å². The number of sulfonamides is 1. The molecule has 1 saturated carbocycles. The standard InChI is InChI=1S/C17H17NO5S2/c1-2-13(19)14-8-9-15(24-14)25(22,23)18-17(16(20)21)10-12(17)11-6-4-3-5-7-11/h3-9,12,18H,2,10H2,1H3,(H,20,21)/t12-,17+/m0/s1. The van der Waals surface area contributed by atoms with Crippen LogP contribution in [0.1, 0.15) is 40.9 Å². The lowest BCUT2D eigenvalue weighted by molar-refractivity contribution is -0.140. The number of hydrogen-bond acceptors (Lipinski definition) is 5. The van der Waals surface area contributed by atoms with Crippen LogP contribution < -0.4 is 4.72 Å². The quantitative estimate of drug-likeness (QED) is 0.720. The molecule has 2 N–H and O–H groups in total. The number of Topliss-reactive ketones (excluding diaryl/α,β-unsaturated/α-hetero) is 1. The summed E-state index contributed by atoms with van der Waals surface area (Å²) in [6.45, 7) is 1.70. The van der Waals surface area contributed by atoms with Crippen LogP contribution in [-0.2, 0) is 14.8 Å². The summed E-state index contributed by atoms with van der Waals surface area (Å²) in [6.07, 6.45) is 0.472. The number of benzene rings is 1. The summed E-state index contributed by atoms with van der Waals surface area (Å²) in [5.41, 5.74) is -0.764. The molecule has 0 radical (unpaired) electrons. The molecule has 1 aromatic heterocycles. The third kappa shape index (κ3) is 3.24. The molecule has 0 aliphatic heterocycles. The van der Waals surface area contributed by atoms with Gasteiger partial charge in [-0.1, -0.05) is 37.3 Å². The Hall–Kier alpha value is -2.03. The molecule has 1 fully saturated rings. The first-order valence-corrected chi connectivity index (χ1v) is 10.1. The van der Waals surface area contributed by atoms with Crippen LogP contribution in [0.5, 0.6) is 0 Å². The van der Waals surface area contributed by atoms with E-state index in [1.165, 1.54) is 12.1 Å². The molecule has 6 nitrogen and oxygen atoms in total. The van der Waals surface area contributed by atoms with E-state index >= 15 is 0 Å². The van der Waals surface area contributed by atoms with E-state index in [0.717, 1.165) is 16.9 Å². The highest BCUT2D eigenvalue weighted by molar-refractivity contribution is 7.91. The van der Waals surface area contributed by atoms with Gasteiger partial charge in [-0.2, -0.15) is 4.72 Å². The average molecular weight is 379 g/mol. The Morgan fingerprint density at radius 1 is 1.24 bits per heavy atom. The van der Waals surface area contributed by atoms with E-state index in [1.807, 2.05) is 6.07 Å². The van der Waals surface area contributed by atoms with Gasteiger partial charge in [-0.3, -0.25) is 9.59 Å². The van der Waals surface area contributed by atoms with Crippen LogP contribution in [0, 0.1) is 0 Å². The van der Waals surface area contributed by atoms with E-state index in [4.69, 9.17) is 0 Å². The number of carbonyl (C=O) groups is 2. The van der Waals surface area contributed by atoms with Crippen LogP contribution in [0.25, 0.3) is 0 Å². The van der Waals surface area contributed by atoms with Crippen LogP contribution in [0.4, 0.5) is 0 Å². The fourth-order valence-corrected chi connectivity index (χ4v) is 5.54. The average Bonchev–Trinajstić information content (AvgIpc) is 3.08. The van der Waals surface area contributed by atoms with E-state index in [2.05, 4.69) is 4.72 Å². The second-order valence-electron chi connectivity index (χ2n) is 5.94. The van der Waals surface area contributed by atoms with Crippen molar-refractivity contribution in [2.75, 3.05) is 0 Å². The van der Waals surface area contributed by atoms with Gasteiger partial charge in [0.15, 0.2) is 5.78 Å². The van der Waals surface area contributed by atoms with Crippen molar-refractivity contribution >= 4 is 33.1 Å². The molecule has 8 heteroatoms. The van der Waals surface area contributed by atoms with Gasteiger partial charge < -0.3 is 5.11 Å². The number of aliphatic carboxylic acids is 1. The van der Waals surface area contributed by atoms with Crippen molar-refractivity contribution in [3.63, 3.8) is 0 Å². The molecule has 25 heavy (non-hydrogen) atoms. The van der Waals surface area contributed by atoms with Crippen molar-refractivity contribution in [1.82, 2.24) is 4.72 Å². The second kappa shape index (κ2) is 6.36. The Labute approximate surface area is 149 Å². The van der Waals surface area contributed by atoms with Crippen molar-refractivity contribution in [2.24, 2.45) is 0 Å². The van der Waals surface area contributed by atoms with Gasteiger partial charge in [0.05, 0.1) is 4.88 Å². The Kier molecular flexibility index (Phi) is 4.52. The maximum absolute atomic E-state index is 12.6. The zero-order valence-electron chi connectivity index (χ0n) is 13.4. The number of carboxylic acid groups (broad SMARTS) is 1. The molecule has 1 heterocycles. The van der Waals surface area contributed by atoms with E-state index in [-0.39, 0.29) is 22.8 Å². The lowest BCUT2D eigenvalue weighted by Crippen LogP contribution is -2.44. The number of carbonyl (C=O) groups excluding carboxylic acids is 1. The van der Waals surface area contributed by atoms with Gasteiger partial charge in [-0.05, 0) is 24.1 Å². The van der Waals surface area contributed by atoms with Crippen LogP contribution in [-0.4, -0.2) is 30.8 Å². The third-order valence-electron chi connectivity index (χ3n) is 4.30. The van der Waals surface area contributed by atoms with Crippen LogP contribution >= 0.6 is 11.3 Å². The van der Waals surface area contributed by atoms with Gasteiger partial charge in [0.25, 0.3) is 10.0 Å². The molecule has 0 bridgehead atoms. The summed E-state index contributed by atoms with van der Waals surface area (Å²) >= 11 is 0.857. The molecule has 2 aromatic rings. The summed E-state index contributed by atoms with van der Waals surface area (Å²) in [6, 6.07) is 11.8. The van der Waals surface area contributed by atoms with Crippen molar-refractivity contribution in [1.29, 1.82) is 0 Å². The van der Waals surface area contributed by atoms with Gasteiger partial charge in [-0.25, -0.2) is 8.42 Å². The molecular weight excluding hydrogens is 362 g/mol. The maximum Gasteiger partial charge on any atom is 0.325 e. The lowest BCUT2D eigenvalue weighted by Gasteiger charge is -2.14. The van der Waals surface area contributed by atoms with Crippen LogP contribution in [0.3, 0.4) is 0 Å². The van der Waals surface area contributed by atoms with Gasteiger partial charge in [-0.15, -0.1) is 11.3 Å². The molecule has 0 unspecified atom stereocenters. The van der Waals surface area contributed by atoms with Gasteiger partial charge >= 0.3 is 5.97 Å². The maximum atomic E-state index is 12.6. The molecule has 1 aliphatic rings. The molecule has 1 aromatic carbocycles. The van der Waals surface area contributed by atoms with Crippen molar-refractivity contribution < 1.29 is 23.1 Å². The summed E-state index contributed by atoms with van der Waals surface area (Å²) in [5.74, 6) is -1.77. The molecule has 2 atom stereocenters. The molecule has 0 amide bonds. The van der Waals surface area contributed by atoms with E-state index in [9.17, 15) is 23.1 Å². The first-order chi connectivity index (χ1) is 11.8. The summed E-state index contributed by atoms with van der Waals surface area (Å²) in [7, 11) is -4.03. The highest BCUT2D eigenvalue weighted by atomic mass is 32.2. The number of carboxylic acids is 1. The Morgan fingerprint density at radius 3 is 2.52 bits per heavy atom. The van der Waals surface area contributed by atoms with Crippen LogP contribution in [0.15, 0.2) is 46.7 Å². The minimum Gasteiger partial charge on any atom is -0.480 e. The first-order valence-electron chi connectivity index (χ1n) is 7.75. The number of rotatable bonds is 7. The fourth-order valence-electron chi connectivity index (χ4n) is 2.82. The van der Waals surface area contributed by atoms with Gasteiger partial charge in [0.2, 0.25) is 0 Å². The first kappa shape index (κ1) is 17.8. The number of hydrogen-bond donors (Lipinski definition) is 2. The molecule has 3 rings (SSSR count). The van der Waals surface area contributed by atoms with Gasteiger partial charge in [0.1, 0.15) is 9.75 Å². The Balaban J connectivity index is 1.87. The zero-order valence-corrected chi connectivity index (χ0v) is 15.1. The molecule has 1 aliphatic carbocycles. The number of ketones is 1. The highest BCUT2D eigenvalue weighted by Crippen LogP contribution is 2.52. The summed E-state index contributed by atoms with van der Waals surface area (Å²) in [4.78, 5) is 23.8. The zero-order chi connectivity index (χ0) is 18.2. The van der Waals surface area contributed by atoms with E-state index in [1.54, 1.807) is 31.2 Å². The normalized spacial score (nSPS) is 22.5. The van der Waals surface area contributed by atoms with Crippen molar-refractivity contribution in [3.8, 4) is 0 Å². The number of thiophene rings is 1. The summed E-state index contributed by atoms with van der Waals surface area (Å²) in [5, 5.41) is 9.60. The van der Waals surface area contributed by atoms with Crippen LogP contribution in [0.2, 0.25) is 0 Å². The minimum absolute atomic E-state index is 0.0522. The highest BCUT2D eigenvalue weighted by Gasteiger charge is 2.63. The Bertz CT molecular complexity index is 920. The smallest absolute Gasteiger partial charge is 0.325 e. The summed E-state index contributed by atoms with van der Waals surface area (Å²) < 4.78 is 27.5. The molecular formula is C17H17NO5S2. The van der Waals surface area contributed by atoms with E-state index < -0.39 is 27.4 Å². The Morgan fingerprint density at radius 2 is 1.92 bits per heavy atom. The lowest BCUT2D eigenvalue weighted by atomic mass is 10.1. The predicted molar refractivity (Wildman–Crippen MR) is 93.4 cm³/mol. The monoisotopic (exact) mass is 379 g/mol. The van der Waals surface area contributed by atoms with E-state index in [0.29, 0.717) is 4.88 Å². The molecule has 132 valence electrons. The predicted octanol–water partition coefficient (Wildman–Crippen LogP) is 2.63. The van der Waals surface area contributed by atoms with Crippen molar-refractivity contribution in [3.05, 3.63) is 52.9 Å². The fraction of sp³-hybridized carbons (Fsp3) is 0.294. The second-order valence-corrected chi connectivity index (χ2v) is 8.94. The largest absolute Gasteiger partial charge is 0.480 e. The minimum atomic E-state index is -4.03. The van der Waals surface area contributed by atoms with Gasteiger partial charge in [0, 0.05) is 12.3 Å². The number of nitrogens with one attached hydrogen (secondary N) is 1. The topological polar surface area (TPSA) is 101 Å². The SMILES string of the molecule is CCC(=O)c1ccc(S(=O)(=O)N[C@]2(C(=O)O)C[C@H]2c2ccccc2)s1. The molecule has 0 spiro atoms. The third-order valence-corrected chi connectivity index (χ3v) is 7.43.